The third kappa shape index (κ3) is 3.57. The van der Waals surface area contributed by atoms with Crippen LogP contribution in [0.4, 0.5) is 0 Å². The summed E-state index contributed by atoms with van der Waals surface area (Å²) in [6.45, 7) is 5.43. The first-order valence-corrected chi connectivity index (χ1v) is 10.5. The zero-order valence-electron chi connectivity index (χ0n) is 17.5. The lowest BCUT2D eigenvalue weighted by Crippen LogP contribution is -2.54. The Labute approximate surface area is 172 Å². The van der Waals surface area contributed by atoms with Gasteiger partial charge in [0.1, 0.15) is 11.5 Å². The number of nitrogens with zero attached hydrogens (tertiary/aromatic N) is 1. The van der Waals surface area contributed by atoms with Crippen LogP contribution in [0.3, 0.4) is 0 Å². The number of Topliss-reactive ketones (excluding diaryl/α,β-unsaturated/α-hetero) is 1. The highest BCUT2D eigenvalue weighted by Crippen LogP contribution is 2.48. The summed E-state index contributed by atoms with van der Waals surface area (Å²) in [6, 6.07) is 14.2. The van der Waals surface area contributed by atoms with Gasteiger partial charge in [0.25, 0.3) is 5.91 Å². The van der Waals surface area contributed by atoms with Crippen LogP contribution in [-0.2, 0) is 10.2 Å². The molecule has 4 rings (SSSR count). The molecule has 2 aromatic rings. The summed E-state index contributed by atoms with van der Waals surface area (Å²) in [5, 5.41) is 0. The summed E-state index contributed by atoms with van der Waals surface area (Å²) in [6.07, 6.45) is 2.83. The molecule has 1 unspecified atom stereocenters. The fourth-order valence-corrected chi connectivity index (χ4v) is 5.27. The molecule has 0 spiro atoms. The molecule has 1 heterocycles. The predicted molar refractivity (Wildman–Crippen MR) is 113 cm³/mol. The second-order valence-corrected chi connectivity index (χ2v) is 8.66. The van der Waals surface area contributed by atoms with Crippen molar-refractivity contribution < 1.29 is 14.3 Å². The Balaban J connectivity index is 1.63. The van der Waals surface area contributed by atoms with E-state index >= 15 is 0 Å². The normalized spacial score (nSPS) is 24.2. The average molecular weight is 392 g/mol. The van der Waals surface area contributed by atoms with E-state index in [1.807, 2.05) is 43.0 Å². The highest BCUT2D eigenvalue weighted by molar-refractivity contribution is 5.96. The number of aryl methyl sites for hydroxylation is 2. The van der Waals surface area contributed by atoms with E-state index in [4.69, 9.17) is 4.74 Å². The molecule has 2 aliphatic rings. The fraction of sp³-hybridized carbons (Fsp3) is 0.440. The van der Waals surface area contributed by atoms with Gasteiger partial charge in [-0.05, 0) is 61.9 Å². The Kier molecular flexibility index (Phi) is 5.20. The standard InChI is InChI=1S/C25H29NO3/c1-17-7-10-23(18(2)13-17)24(28)26-12-11-25(15-21(27)9-8-20(25)16-26)19-5-4-6-22(14-19)29-3/h4-7,10,13-14,20H,8-9,11-12,15-16H2,1-3H3/t20?,25-/m0/s1. The number of piperidine rings is 1. The first kappa shape index (κ1) is 19.7. The smallest absolute Gasteiger partial charge is 0.254 e. The van der Waals surface area contributed by atoms with Gasteiger partial charge in [-0.2, -0.15) is 0 Å². The van der Waals surface area contributed by atoms with Crippen LogP contribution in [0.15, 0.2) is 42.5 Å². The van der Waals surface area contributed by atoms with E-state index in [1.54, 1.807) is 7.11 Å². The van der Waals surface area contributed by atoms with Crippen molar-refractivity contribution in [1.29, 1.82) is 0 Å². The third-order valence-electron chi connectivity index (χ3n) is 6.88. The van der Waals surface area contributed by atoms with Gasteiger partial charge in [-0.1, -0.05) is 29.8 Å². The van der Waals surface area contributed by atoms with E-state index in [0.717, 1.165) is 29.7 Å². The molecule has 1 amide bonds. The van der Waals surface area contributed by atoms with E-state index in [0.29, 0.717) is 31.7 Å². The summed E-state index contributed by atoms with van der Waals surface area (Å²) in [7, 11) is 1.67. The number of amides is 1. The van der Waals surface area contributed by atoms with Crippen LogP contribution in [-0.4, -0.2) is 36.8 Å². The van der Waals surface area contributed by atoms with Gasteiger partial charge in [-0.25, -0.2) is 0 Å². The maximum Gasteiger partial charge on any atom is 0.254 e. The summed E-state index contributed by atoms with van der Waals surface area (Å²) < 4.78 is 5.44. The van der Waals surface area contributed by atoms with E-state index in [1.165, 1.54) is 11.1 Å². The third-order valence-corrected chi connectivity index (χ3v) is 6.88. The SMILES string of the molecule is COc1cccc([C@@]23CCN(C(=O)c4ccc(C)cc4C)CC2CCC(=O)C3)c1. The van der Waals surface area contributed by atoms with E-state index in [9.17, 15) is 9.59 Å². The molecule has 0 bridgehead atoms. The summed E-state index contributed by atoms with van der Waals surface area (Å²) in [5.74, 6) is 1.55. The molecule has 2 fully saturated rings. The number of methoxy groups -OCH3 is 1. The topological polar surface area (TPSA) is 46.6 Å². The number of carbonyl (C=O) groups is 2. The molecule has 4 heteroatoms. The second-order valence-electron chi connectivity index (χ2n) is 8.66. The monoisotopic (exact) mass is 391 g/mol. The van der Waals surface area contributed by atoms with Crippen LogP contribution in [0.2, 0.25) is 0 Å². The molecule has 152 valence electrons. The molecule has 1 saturated carbocycles. The van der Waals surface area contributed by atoms with Crippen molar-refractivity contribution in [3.05, 3.63) is 64.7 Å². The van der Waals surface area contributed by atoms with Crippen molar-refractivity contribution in [3.63, 3.8) is 0 Å². The van der Waals surface area contributed by atoms with Crippen molar-refractivity contribution in [3.8, 4) is 5.75 Å². The summed E-state index contributed by atoms with van der Waals surface area (Å²) in [4.78, 5) is 27.7. The summed E-state index contributed by atoms with van der Waals surface area (Å²) in [5.41, 5.74) is 3.96. The van der Waals surface area contributed by atoms with Crippen molar-refractivity contribution in [2.75, 3.05) is 20.2 Å². The summed E-state index contributed by atoms with van der Waals surface area (Å²) >= 11 is 0. The minimum absolute atomic E-state index is 0.110. The van der Waals surface area contributed by atoms with Gasteiger partial charge >= 0.3 is 0 Å². The van der Waals surface area contributed by atoms with Gasteiger partial charge in [0.2, 0.25) is 0 Å². The van der Waals surface area contributed by atoms with Crippen LogP contribution in [0.5, 0.6) is 5.75 Å². The zero-order chi connectivity index (χ0) is 20.6. The number of hydrogen-bond donors (Lipinski definition) is 0. The molecular formula is C25H29NO3. The maximum absolute atomic E-state index is 13.3. The highest BCUT2D eigenvalue weighted by atomic mass is 16.5. The molecule has 0 radical (unpaired) electrons. The fourth-order valence-electron chi connectivity index (χ4n) is 5.27. The van der Waals surface area contributed by atoms with Crippen molar-refractivity contribution in [1.82, 2.24) is 4.90 Å². The van der Waals surface area contributed by atoms with Gasteiger partial charge in [-0.15, -0.1) is 0 Å². The molecule has 0 N–H and O–H groups in total. The zero-order valence-corrected chi connectivity index (χ0v) is 17.5. The number of carbonyl (C=O) groups excluding carboxylic acids is 2. The highest BCUT2D eigenvalue weighted by Gasteiger charge is 2.48. The lowest BCUT2D eigenvalue weighted by atomic mass is 9.59. The lowest BCUT2D eigenvalue weighted by Gasteiger charge is -2.50. The van der Waals surface area contributed by atoms with E-state index in [2.05, 4.69) is 18.2 Å². The molecule has 2 atom stereocenters. The number of ether oxygens (including phenoxy) is 1. The van der Waals surface area contributed by atoms with Crippen LogP contribution >= 0.6 is 0 Å². The number of ketones is 1. The number of rotatable bonds is 3. The number of likely N-dealkylation sites (tertiary alicyclic amines) is 1. The van der Waals surface area contributed by atoms with Gasteiger partial charge in [-0.3, -0.25) is 9.59 Å². The van der Waals surface area contributed by atoms with Crippen LogP contribution in [0, 0.1) is 19.8 Å². The molecule has 2 aromatic carbocycles. The largest absolute Gasteiger partial charge is 0.497 e. The van der Waals surface area contributed by atoms with E-state index < -0.39 is 0 Å². The van der Waals surface area contributed by atoms with Gasteiger partial charge in [0, 0.05) is 36.9 Å². The Bertz CT molecular complexity index is 951. The van der Waals surface area contributed by atoms with Gasteiger partial charge in [0.05, 0.1) is 7.11 Å². The van der Waals surface area contributed by atoms with Crippen LogP contribution in [0.25, 0.3) is 0 Å². The molecule has 1 aliphatic heterocycles. The Morgan fingerprint density at radius 2 is 2.00 bits per heavy atom. The molecule has 29 heavy (non-hydrogen) atoms. The Morgan fingerprint density at radius 1 is 1.17 bits per heavy atom. The molecule has 4 nitrogen and oxygen atoms in total. The second kappa shape index (κ2) is 7.66. The number of benzene rings is 2. The maximum atomic E-state index is 13.3. The van der Waals surface area contributed by atoms with E-state index in [-0.39, 0.29) is 17.2 Å². The Morgan fingerprint density at radius 3 is 2.76 bits per heavy atom. The first-order chi connectivity index (χ1) is 13.9. The van der Waals surface area contributed by atoms with Crippen molar-refractivity contribution >= 4 is 11.7 Å². The average Bonchev–Trinajstić information content (AvgIpc) is 2.73. The van der Waals surface area contributed by atoms with Crippen molar-refractivity contribution in [2.24, 2.45) is 5.92 Å². The van der Waals surface area contributed by atoms with Crippen LogP contribution < -0.4 is 4.74 Å². The lowest BCUT2D eigenvalue weighted by molar-refractivity contribution is -0.124. The Hall–Kier alpha value is -2.62. The molecule has 1 saturated heterocycles. The predicted octanol–water partition coefficient (Wildman–Crippen LogP) is 4.47. The molecule has 1 aliphatic carbocycles. The quantitative estimate of drug-likeness (QED) is 0.776. The van der Waals surface area contributed by atoms with Crippen LogP contribution in [0.1, 0.15) is 52.7 Å². The minimum atomic E-state index is -0.191. The minimum Gasteiger partial charge on any atom is -0.497 e. The molecule has 0 aromatic heterocycles. The number of hydrogen-bond acceptors (Lipinski definition) is 3. The van der Waals surface area contributed by atoms with Gasteiger partial charge in [0.15, 0.2) is 0 Å². The first-order valence-electron chi connectivity index (χ1n) is 10.5. The molecular weight excluding hydrogens is 362 g/mol. The van der Waals surface area contributed by atoms with Gasteiger partial charge < -0.3 is 9.64 Å². The van der Waals surface area contributed by atoms with Crippen molar-refractivity contribution in [2.45, 2.75) is 44.9 Å². The number of fused-ring (bicyclic) bond motifs is 1.